The smallest absolute Gasteiger partial charge is 0.179 e. The summed E-state index contributed by atoms with van der Waals surface area (Å²) in [5, 5.41) is 4.42. The third-order valence-corrected chi connectivity index (χ3v) is 4.47. The predicted octanol–water partition coefficient (Wildman–Crippen LogP) is 1.60. The average molecular weight is 302 g/mol. The summed E-state index contributed by atoms with van der Waals surface area (Å²) in [6.45, 7) is 3.87. The highest BCUT2D eigenvalue weighted by molar-refractivity contribution is 7.90. The number of rotatable bonds is 4. The van der Waals surface area contributed by atoms with Crippen LogP contribution in [-0.2, 0) is 23.3 Å². The van der Waals surface area contributed by atoms with E-state index >= 15 is 0 Å². The average Bonchev–Trinajstić information content (AvgIpc) is 2.73. The number of nitrogens with zero attached hydrogens (tertiary/aromatic N) is 3. The van der Waals surface area contributed by atoms with Crippen LogP contribution in [-0.4, -0.2) is 39.8 Å². The number of aromatic amines is 1. The lowest BCUT2D eigenvalue weighted by Crippen LogP contribution is -2.17. The standard InChI is InChI=1S/C11H18N4O2S2/c1-5-8-9-10(14(3)13-8)15(11(18)12-9)7(2)6-19(4,16)17/h7H,5-6H2,1-4H3,(H,12,18). The maximum absolute atomic E-state index is 11.5. The van der Waals surface area contributed by atoms with E-state index in [1.165, 1.54) is 6.26 Å². The highest BCUT2D eigenvalue weighted by Crippen LogP contribution is 2.22. The minimum atomic E-state index is -3.06. The Balaban J connectivity index is 2.63. The SMILES string of the molecule is CCc1nn(C)c2c1[nH]c(=S)n2C(C)CS(C)(=O)=O. The Bertz CT molecular complexity index is 767. The van der Waals surface area contributed by atoms with Gasteiger partial charge in [-0.15, -0.1) is 0 Å². The summed E-state index contributed by atoms with van der Waals surface area (Å²) in [6.07, 6.45) is 2.03. The molecule has 0 aliphatic heterocycles. The van der Waals surface area contributed by atoms with Gasteiger partial charge >= 0.3 is 0 Å². The normalized spacial score (nSPS) is 14.1. The minimum absolute atomic E-state index is 0.0564. The molecule has 2 aromatic heterocycles. The largest absolute Gasteiger partial charge is 0.328 e. The molecule has 2 aromatic rings. The zero-order chi connectivity index (χ0) is 14.4. The quantitative estimate of drug-likeness (QED) is 0.871. The Hall–Kier alpha value is -1.15. The molecule has 0 saturated carbocycles. The first-order chi connectivity index (χ1) is 8.74. The van der Waals surface area contributed by atoms with Gasteiger partial charge in [0.1, 0.15) is 15.4 Å². The van der Waals surface area contributed by atoms with E-state index < -0.39 is 9.84 Å². The fraction of sp³-hybridized carbons (Fsp3) is 0.636. The number of hydrogen-bond donors (Lipinski definition) is 1. The Labute approximate surface area is 117 Å². The van der Waals surface area contributed by atoms with Gasteiger partial charge in [0.2, 0.25) is 0 Å². The van der Waals surface area contributed by atoms with E-state index in [0.717, 1.165) is 23.3 Å². The number of nitrogens with one attached hydrogen (secondary N) is 1. The molecule has 19 heavy (non-hydrogen) atoms. The lowest BCUT2D eigenvalue weighted by atomic mass is 10.3. The number of imidazole rings is 1. The maximum atomic E-state index is 11.5. The number of fused-ring (bicyclic) bond motifs is 1. The molecule has 106 valence electrons. The molecule has 0 bridgehead atoms. The predicted molar refractivity (Wildman–Crippen MR) is 77.7 cm³/mol. The molecule has 8 heteroatoms. The van der Waals surface area contributed by atoms with Crippen molar-refractivity contribution in [3.8, 4) is 0 Å². The molecule has 1 N–H and O–H groups in total. The van der Waals surface area contributed by atoms with Crippen molar-refractivity contribution < 1.29 is 8.42 Å². The molecule has 0 saturated heterocycles. The van der Waals surface area contributed by atoms with Crippen molar-refractivity contribution in [1.82, 2.24) is 19.3 Å². The van der Waals surface area contributed by atoms with E-state index in [1.54, 1.807) is 4.68 Å². The molecule has 2 heterocycles. The van der Waals surface area contributed by atoms with Crippen LogP contribution in [0.15, 0.2) is 0 Å². The summed E-state index contributed by atoms with van der Waals surface area (Å²) in [5.41, 5.74) is 2.68. The van der Waals surface area contributed by atoms with Gasteiger partial charge < -0.3 is 4.98 Å². The van der Waals surface area contributed by atoms with Gasteiger partial charge in [0, 0.05) is 19.3 Å². The van der Waals surface area contributed by atoms with Gasteiger partial charge in [-0.3, -0.25) is 9.25 Å². The summed E-state index contributed by atoms with van der Waals surface area (Å²) in [4.78, 5) is 3.13. The van der Waals surface area contributed by atoms with Crippen LogP contribution in [0.1, 0.15) is 25.6 Å². The van der Waals surface area contributed by atoms with Gasteiger partial charge in [-0.2, -0.15) is 5.10 Å². The van der Waals surface area contributed by atoms with Crippen molar-refractivity contribution in [1.29, 1.82) is 0 Å². The van der Waals surface area contributed by atoms with Crippen LogP contribution in [0, 0.1) is 4.77 Å². The van der Waals surface area contributed by atoms with Crippen molar-refractivity contribution in [2.24, 2.45) is 7.05 Å². The third-order valence-electron chi connectivity index (χ3n) is 3.09. The number of hydrogen-bond acceptors (Lipinski definition) is 4. The van der Waals surface area contributed by atoms with E-state index in [4.69, 9.17) is 12.2 Å². The van der Waals surface area contributed by atoms with Crippen LogP contribution in [0.3, 0.4) is 0 Å². The van der Waals surface area contributed by atoms with Gasteiger partial charge in [-0.25, -0.2) is 8.42 Å². The summed E-state index contributed by atoms with van der Waals surface area (Å²) >= 11 is 5.31. The van der Waals surface area contributed by atoms with Gasteiger partial charge in [0.05, 0.1) is 11.4 Å². The second kappa shape index (κ2) is 4.75. The van der Waals surface area contributed by atoms with Crippen LogP contribution >= 0.6 is 12.2 Å². The first kappa shape index (κ1) is 14.3. The van der Waals surface area contributed by atoms with Crippen LogP contribution in [0.4, 0.5) is 0 Å². The maximum Gasteiger partial charge on any atom is 0.179 e. The van der Waals surface area contributed by atoms with Gasteiger partial charge in [0.15, 0.2) is 10.4 Å². The Morgan fingerprint density at radius 2 is 2.11 bits per heavy atom. The molecule has 1 unspecified atom stereocenters. The molecule has 0 aliphatic rings. The monoisotopic (exact) mass is 302 g/mol. The molecule has 0 amide bonds. The Morgan fingerprint density at radius 3 is 2.63 bits per heavy atom. The fourth-order valence-corrected chi connectivity index (χ4v) is 3.80. The first-order valence-corrected chi connectivity index (χ1v) is 8.55. The van der Waals surface area contributed by atoms with Crippen molar-refractivity contribution >= 4 is 33.2 Å². The van der Waals surface area contributed by atoms with Crippen LogP contribution < -0.4 is 0 Å². The van der Waals surface area contributed by atoms with Crippen LogP contribution in [0.5, 0.6) is 0 Å². The zero-order valence-electron chi connectivity index (χ0n) is 11.5. The van der Waals surface area contributed by atoms with Gasteiger partial charge in [-0.1, -0.05) is 6.92 Å². The molecule has 1 atom stereocenters. The van der Waals surface area contributed by atoms with E-state index in [-0.39, 0.29) is 11.8 Å². The lowest BCUT2D eigenvalue weighted by molar-refractivity contribution is 0.557. The molecule has 0 fully saturated rings. The highest BCUT2D eigenvalue weighted by atomic mass is 32.2. The Morgan fingerprint density at radius 1 is 1.47 bits per heavy atom. The van der Waals surface area contributed by atoms with Crippen molar-refractivity contribution in [2.45, 2.75) is 26.3 Å². The molecular weight excluding hydrogens is 284 g/mol. The van der Waals surface area contributed by atoms with Crippen molar-refractivity contribution in [2.75, 3.05) is 12.0 Å². The van der Waals surface area contributed by atoms with E-state index in [0.29, 0.717) is 4.77 Å². The molecular formula is C11H18N4O2S2. The van der Waals surface area contributed by atoms with Crippen LogP contribution in [0.2, 0.25) is 0 Å². The fourth-order valence-electron chi connectivity index (χ4n) is 2.41. The molecule has 2 rings (SSSR count). The molecule has 0 spiro atoms. The van der Waals surface area contributed by atoms with Gasteiger partial charge in [-0.05, 0) is 25.6 Å². The Kier molecular flexibility index (Phi) is 3.57. The lowest BCUT2D eigenvalue weighted by Gasteiger charge is -2.13. The third kappa shape index (κ3) is 2.59. The molecule has 0 aliphatic carbocycles. The molecule has 6 nitrogen and oxygen atoms in total. The molecule has 0 aromatic carbocycles. The number of aryl methyl sites for hydroxylation is 2. The number of H-pyrrole nitrogens is 1. The summed E-state index contributed by atoms with van der Waals surface area (Å²) in [7, 11) is -1.22. The highest BCUT2D eigenvalue weighted by Gasteiger charge is 2.20. The molecule has 0 radical (unpaired) electrons. The minimum Gasteiger partial charge on any atom is -0.328 e. The first-order valence-electron chi connectivity index (χ1n) is 6.08. The number of aromatic nitrogens is 4. The summed E-state index contributed by atoms with van der Waals surface area (Å²) in [6, 6.07) is -0.226. The topological polar surface area (TPSA) is 72.7 Å². The number of sulfone groups is 1. The summed E-state index contributed by atoms with van der Waals surface area (Å²) < 4.78 is 27.0. The second-order valence-electron chi connectivity index (χ2n) is 4.86. The van der Waals surface area contributed by atoms with E-state index in [1.807, 2.05) is 25.5 Å². The van der Waals surface area contributed by atoms with Crippen molar-refractivity contribution in [3.63, 3.8) is 0 Å². The second-order valence-corrected chi connectivity index (χ2v) is 7.44. The zero-order valence-corrected chi connectivity index (χ0v) is 13.1. The van der Waals surface area contributed by atoms with E-state index in [9.17, 15) is 8.42 Å². The van der Waals surface area contributed by atoms with Crippen LogP contribution in [0.25, 0.3) is 11.2 Å². The van der Waals surface area contributed by atoms with Gasteiger partial charge in [0.25, 0.3) is 0 Å². The van der Waals surface area contributed by atoms with Crippen molar-refractivity contribution in [3.05, 3.63) is 10.5 Å². The summed E-state index contributed by atoms with van der Waals surface area (Å²) in [5.74, 6) is 0.0564. The van der Waals surface area contributed by atoms with E-state index in [2.05, 4.69) is 10.1 Å².